The minimum absolute atomic E-state index is 0.0204. The number of hydrogen-bond donors (Lipinski definition) is 1. The van der Waals surface area contributed by atoms with Crippen LogP contribution < -0.4 is 10.9 Å². The number of carbonyl (C=O) groups excluding carboxylic acids is 1. The quantitative estimate of drug-likeness (QED) is 0.797. The van der Waals surface area contributed by atoms with Gasteiger partial charge in [-0.25, -0.2) is 4.98 Å². The molecule has 0 fully saturated rings. The van der Waals surface area contributed by atoms with Gasteiger partial charge in [0.05, 0.1) is 15.8 Å². The van der Waals surface area contributed by atoms with Crippen LogP contribution in [0.4, 0.5) is 5.69 Å². The van der Waals surface area contributed by atoms with Gasteiger partial charge in [-0.15, -0.1) is 11.3 Å². The summed E-state index contributed by atoms with van der Waals surface area (Å²) >= 11 is 1.49. The Kier molecular flexibility index (Phi) is 3.69. The van der Waals surface area contributed by atoms with Crippen LogP contribution in [0.15, 0.2) is 35.1 Å². The molecular weight excluding hydrogens is 322 g/mol. The van der Waals surface area contributed by atoms with Gasteiger partial charge in [-0.3, -0.25) is 14.2 Å². The first-order valence-corrected chi connectivity index (χ1v) is 8.91. The highest BCUT2D eigenvalue weighted by Crippen LogP contribution is 2.21. The molecule has 24 heavy (non-hydrogen) atoms. The van der Waals surface area contributed by atoms with Crippen LogP contribution in [0.2, 0.25) is 0 Å². The fourth-order valence-electron chi connectivity index (χ4n) is 3.04. The van der Waals surface area contributed by atoms with Gasteiger partial charge in [-0.2, -0.15) is 0 Å². The lowest BCUT2D eigenvalue weighted by Crippen LogP contribution is -2.21. The van der Waals surface area contributed by atoms with Crippen LogP contribution in [0.25, 0.3) is 10.9 Å². The van der Waals surface area contributed by atoms with E-state index < -0.39 is 0 Å². The molecule has 3 aromatic rings. The zero-order valence-corrected chi connectivity index (χ0v) is 14.2. The first kappa shape index (κ1) is 15.1. The number of carbonyl (C=O) groups is 1. The van der Waals surface area contributed by atoms with E-state index in [9.17, 15) is 9.59 Å². The molecule has 0 saturated carbocycles. The van der Waals surface area contributed by atoms with E-state index in [2.05, 4.69) is 17.2 Å². The van der Waals surface area contributed by atoms with E-state index in [1.54, 1.807) is 22.8 Å². The fourth-order valence-corrected chi connectivity index (χ4v) is 3.89. The van der Waals surface area contributed by atoms with Crippen LogP contribution in [0.3, 0.4) is 0 Å². The van der Waals surface area contributed by atoms with Crippen molar-refractivity contribution in [3.05, 3.63) is 56.3 Å². The molecule has 5 nitrogen and oxygen atoms in total. The van der Waals surface area contributed by atoms with Crippen molar-refractivity contribution in [1.82, 2.24) is 9.55 Å². The first-order valence-electron chi connectivity index (χ1n) is 8.09. The summed E-state index contributed by atoms with van der Waals surface area (Å²) in [5.74, 6) is 0.711. The normalized spacial score (nSPS) is 13.2. The molecule has 0 spiro atoms. The summed E-state index contributed by atoms with van der Waals surface area (Å²) in [6.45, 7) is 2.79. The van der Waals surface area contributed by atoms with E-state index in [0.29, 0.717) is 21.5 Å². The average Bonchev–Trinajstić information content (AvgIpc) is 3.24. The van der Waals surface area contributed by atoms with Gasteiger partial charge in [-0.1, -0.05) is 6.92 Å². The minimum Gasteiger partial charge on any atom is -0.321 e. The van der Waals surface area contributed by atoms with Crippen molar-refractivity contribution in [1.29, 1.82) is 0 Å². The van der Waals surface area contributed by atoms with Gasteiger partial charge in [0.2, 0.25) is 0 Å². The molecule has 0 atom stereocenters. The maximum atomic E-state index is 12.6. The molecule has 1 N–H and O–H groups in total. The van der Waals surface area contributed by atoms with E-state index in [1.165, 1.54) is 16.2 Å². The Morgan fingerprint density at radius 3 is 3.00 bits per heavy atom. The van der Waals surface area contributed by atoms with Crippen molar-refractivity contribution >= 4 is 33.8 Å². The van der Waals surface area contributed by atoms with E-state index in [-0.39, 0.29) is 11.5 Å². The molecule has 122 valence electrons. The largest absolute Gasteiger partial charge is 0.321 e. The molecule has 0 bridgehead atoms. The maximum Gasteiger partial charge on any atom is 0.265 e. The van der Waals surface area contributed by atoms with Crippen molar-refractivity contribution in [2.24, 2.45) is 0 Å². The summed E-state index contributed by atoms with van der Waals surface area (Å²) in [5.41, 5.74) is 1.29. The molecule has 1 aliphatic rings. The summed E-state index contributed by atoms with van der Waals surface area (Å²) in [7, 11) is 0. The molecule has 0 unspecified atom stereocenters. The van der Waals surface area contributed by atoms with Crippen LogP contribution in [0, 0.1) is 0 Å². The van der Waals surface area contributed by atoms with Crippen LogP contribution in [-0.4, -0.2) is 15.5 Å². The van der Waals surface area contributed by atoms with Gasteiger partial charge in [0.15, 0.2) is 0 Å². The van der Waals surface area contributed by atoms with E-state index >= 15 is 0 Å². The highest BCUT2D eigenvalue weighted by atomic mass is 32.1. The number of nitrogens with zero attached hydrogens (tertiary/aromatic N) is 2. The molecule has 2 aromatic heterocycles. The average molecular weight is 339 g/mol. The van der Waals surface area contributed by atoms with Crippen molar-refractivity contribution in [3.63, 3.8) is 0 Å². The van der Waals surface area contributed by atoms with E-state index in [1.807, 2.05) is 12.1 Å². The lowest BCUT2D eigenvalue weighted by atomic mass is 10.2. The summed E-state index contributed by atoms with van der Waals surface area (Å²) < 4.78 is 1.74. The second-order valence-electron chi connectivity index (χ2n) is 5.89. The number of rotatable bonds is 3. The van der Waals surface area contributed by atoms with Gasteiger partial charge in [-0.05, 0) is 43.2 Å². The summed E-state index contributed by atoms with van der Waals surface area (Å²) in [4.78, 5) is 31.4. The molecule has 0 radical (unpaired) electrons. The van der Waals surface area contributed by atoms with Crippen LogP contribution in [0.5, 0.6) is 0 Å². The Balaban J connectivity index is 1.68. The maximum absolute atomic E-state index is 12.6. The second kappa shape index (κ2) is 5.87. The van der Waals surface area contributed by atoms with Crippen LogP contribution >= 0.6 is 11.3 Å². The molecule has 1 amide bonds. The lowest BCUT2D eigenvalue weighted by molar-refractivity contribution is 0.103. The summed E-state index contributed by atoms with van der Waals surface area (Å²) in [6, 6.07) is 9.13. The second-order valence-corrected chi connectivity index (χ2v) is 7.06. The third kappa shape index (κ3) is 2.53. The van der Waals surface area contributed by atoms with Gasteiger partial charge < -0.3 is 5.32 Å². The highest BCUT2D eigenvalue weighted by molar-refractivity contribution is 7.14. The minimum atomic E-state index is -0.145. The van der Waals surface area contributed by atoms with Crippen molar-refractivity contribution < 1.29 is 4.79 Å². The van der Waals surface area contributed by atoms with Crippen molar-refractivity contribution in [2.75, 3.05) is 5.32 Å². The molecule has 3 heterocycles. The number of nitrogens with one attached hydrogen (secondary N) is 1. The zero-order chi connectivity index (χ0) is 16.7. The monoisotopic (exact) mass is 339 g/mol. The van der Waals surface area contributed by atoms with Gasteiger partial charge >= 0.3 is 0 Å². The predicted octanol–water partition coefficient (Wildman–Crippen LogP) is 3.22. The third-order valence-corrected chi connectivity index (χ3v) is 5.54. The predicted molar refractivity (Wildman–Crippen MR) is 96.0 cm³/mol. The molecule has 1 aromatic carbocycles. The number of amides is 1. The topological polar surface area (TPSA) is 64.0 Å². The smallest absolute Gasteiger partial charge is 0.265 e. The number of benzene rings is 1. The molecule has 6 heteroatoms. The van der Waals surface area contributed by atoms with Gasteiger partial charge in [0.25, 0.3) is 11.5 Å². The number of fused-ring (bicyclic) bond motifs is 2. The zero-order valence-electron chi connectivity index (χ0n) is 13.3. The molecule has 1 aliphatic heterocycles. The Bertz CT molecular complexity index is 1000. The Morgan fingerprint density at radius 1 is 1.33 bits per heavy atom. The SMILES string of the molecule is CCc1ccc(C(=O)Nc2ccc3nc4n(c(=O)c3c2)CCC4)s1. The highest BCUT2D eigenvalue weighted by Gasteiger charge is 2.16. The van der Waals surface area contributed by atoms with Crippen molar-refractivity contribution in [3.8, 4) is 0 Å². The first-order chi connectivity index (χ1) is 11.7. The Hall–Kier alpha value is -2.47. The van der Waals surface area contributed by atoms with Gasteiger partial charge in [0, 0.05) is 23.5 Å². The standard InChI is InChI=1S/C18H17N3O2S/c1-2-12-6-8-15(24-12)17(22)19-11-5-7-14-13(10-11)18(23)21-9-3-4-16(21)20-14/h5-8,10H,2-4,9H2,1H3,(H,19,22). The van der Waals surface area contributed by atoms with E-state index in [0.717, 1.165) is 31.6 Å². The lowest BCUT2D eigenvalue weighted by Gasteiger charge is -2.08. The summed E-state index contributed by atoms with van der Waals surface area (Å²) in [5, 5.41) is 3.43. The van der Waals surface area contributed by atoms with Gasteiger partial charge in [0.1, 0.15) is 5.82 Å². The number of aromatic nitrogens is 2. The molecule has 0 saturated heterocycles. The third-order valence-electron chi connectivity index (χ3n) is 4.31. The van der Waals surface area contributed by atoms with Crippen molar-refractivity contribution in [2.45, 2.75) is 32.7 Å². The van der Waals surface area contributed by atoms with Crippen LogP contribution in [0.1, 0.15) is 33.7 Å². The molecule has 0 aliphatic carbocycles. The summed E-state index contributed by atoms with van der Waals surface area (Å²) in [6.07, 6.45) is 2.73. The number of hydrogen-bond acceptors (Lipinski definition) is 4. The molecule has 4 rings (SSSR count). The van der Waals surface area contributed by atoms with Crippen LogP contribution in [-0.2, 0) is 19.4 Å². The fraction of sp³-hybridized carbons (Fsp3) is 0.278. The van der Waals surface area contributed by atoms with E-state index in [4.69, 9.17) is 0 Å². The number of anilines is 1. The molecular formula is C18H17N3O2S. The Labute approximate surface area is 143 Å². The Morgan fingerprint density at radius 2 is 2.21 bits per heavy atom. The number of aryl methyl sites for hydroxylation is 2. The number of thiophene rings is 1.